The summed E-state index contributed by atoms with van der Waals surface area (Å²) in [7, 11) is 0. The van der Waals surface area contributed by atoms with Gasteiger partial charge in [-0.15, -0.1) is 0 Å². The third-order valence-electron chi connectivity index (χ3n) is 3.86. The topological polar surface area (TPSA) is 94.0 Å². The van der Waals surface area contributed by atoms with Crippen molar-refractivity contribution in [3.63, 3.8) is 0 Å². The van der Waals surface area contributed by atoms with Crippen molar-refractivity contribution in [2.24, 2.45) is 0 Å². The molecule has 4 rings (SSSR count). The molecular weight excluding hydrogens is 387 g/mol. The van der Waals surface area contributed by atoms with Gasteiger partial charge in [-0.3, -0.25) is 0 Å². The van der Waals surface area contributed by atoms with Crippen LogP contribution in [-0.4, -0.2) is 9.97 Å². The molecule has 4 aromatic rings. The molecular formula is C19H12Cl2N4O2. The number of rotatable bonds is 3. The number of anilines is 3. The zero-order chi connectivity index (χ0) is 19.0. The van der Waals surface area contributed by atoms with Gasteiger partial charge >= 0.3 is 5.63 Å². The van der Waals surface area contributed by atoms with Gasteiger partial charge in [-0.1, -0.05) is 35.3 Å². The Bertz CT molecular complexity index is 1200. The number of hydrogen-bond acceptors (Lipinski definition) is 6. The molecule has 3 N–H and O–H groups in total. The lowest BCUT2D eigenvalue weighted by Crippen LogP contribution is -2.05. The minimum absolute atomic E-state index is 0.147. The van der Waals surface area contributed by atoms with E-state index in [1.165, 1.54) is 0 Å². The van der Waals surface area contributed by atoms with Gasteiger partial charge in [0.25, 0.3) is 0 Å². The lowest BCUT2D eigenvalue weighted by Gasteiger charge is -2.08. The van der Waals surface area contributed by atoms with Crippen LogP contribution < -0.4 is 16.7 Å². The van der Waals surface area contributed by atoms with E-state index in [4.69, 9.17) is 33.4 Å². The minimum Gasteiger partial charge on any atom is -0.403 e. The van der Waals surface area contributed by atoms with E-state index in [-0.39, 0.29) is 17.2 Å². The monoisotopic (exact) mass is 398 g/mol. The SMILES string of the molecule is Nc1cccc(Nc2ncc3cc(-c4c(Cl)cccc4Cl)c(=O)oc3n2)c1. The van der Waals surface area contributed by atoms with Crippen molar-refractivity contribution < 1.29 is 4.42 Å². The van der Waals surface area contributed by atoms with Gasteiger partial charge < -0.3 is 15.5 Å². The van der Waals surface area contributed by atoms with Crippen LogP contribution >= 0.6 is 23.2 Å². The van der Waals surface area contributed by atoms with E-state index >= 15 is 0 Å². The fraction of sp³-hybridized carbons (Fsp3) is 0. The van der Waals surface area contributed by atoms with Crippen molar-refractivity contribution in [1.82, 2.24) is 9.97 Å². The number of nitrogen functional groups attached to an aromatic ring is 1. The van der Waals surface area contributed by atoms with E-state index < -0.39 is 5.63 Å². The minimum atomic E-state index is -0.592. The smallest absolute Gasteiger partial charge is 0.345 e. The summed E-state index contributed by atoms with van der Waals surface area (Å²) in [6.07, 6.45) is 1.55. The number of nitrogens with two attached hydrogens (primary N) is 1. The Morgan fingerprint density at radius 3 is 2.52 bits per heavy atom. The molecule has 27 heavy (non-hydrogen) atoms. The quantitative estimate of drug-likeness (QED) is 0.477. The molecule has 0 saturated carbocycles. The average molecular weight is 399 g/mol. The highest BCUT2D eigenvalue weighted by atomic mass is 35.5. The van der Waals surface area contributed by atoms with Gasteiger partial charge in [0.15, 0.2) is 0 Å². The molecule has 2 heterocycles. The first-order valence-electron chi connectivity index (χ1n) is 7.89. The van der Waals surface area contributed by atoms with Crippen molar-refractivity contribution in [1.29, 1.82) is 0 Å². The Morgan fingerprint density at radius 1 is 1.04 bits per heavy atom. The summed E-state index contributed by atoms with van der Waals surface area (Å²) in [5, 5.41) is 4.27. The molecule has 0 aliphatic heterocycles. The van der Waals surface area contributed by atoms with Crippen LogP contribution in [0.3, 0.4) is 0 Å². The molecule has 134 valence electrons. The van der Waals surface area contributed by atoms with E-state index in [0.717, 1.165) is 5.69 Å². The summed E-state index contributed by atoms with van der Waals surface area (Å²) in [6.45, 7) is 0. The predicted octanol–water partition coefficient (Wildman–Crippen LogP) is 4.88. The molecule has 6 nitrogen and oxygen atoms in total. The largest absolute Gasteiger partial charge is 0.403 e. The Balaban J connectivity index is 1.77. The summed E-state index contributed by atoms with van der Waals surface area (Å²) in [5.74, 6) is 0.278. The molecule has 0 aliphatic carbocycles. The first-order chi connectivity index (χ1) is 13.0. The van der Waals surface area contributed by atoms with Crippen LogP contribution in [0.25, 0.3) is 22.2 Å². The van der Waals surface area contributed by atoms with Crippen molar-refractivity contribution in [2.45, 2.75) is 0 Å². The van der Waals surface area contributed by atoms with Crippen LogP contribution in [0, 0.1) is 0 Å². The van der Waals surface area contributed by atoms with Crippen molar-refractivity contribution in [2.75, 3.05) is 11.1 Å². The summed E-state index contributed by atoms with van der Waals surface area (Å²) < 4.78 is 5.37. The summed E-state index contributed by atoms with van der Waals surface area (Å²) in [6, 6.07) is 13.8. The Labute approximate surface area is 163 Å². The zero-order valence-electron chi connectivity index (χ0n) is 13.7. The number of benzene rings is 2. The number of halogens is 2. The molecule has 0 amide bonds. The predicted molar refractivity (Wildman–Crippen MR) is 108 cm³/mol. The second kappa shape index (κ2) is 6.90. The number of aromatic nitrogens is 2. The van der Waals surface area contributed by atoms with Gasteiger partial charge in [0.05, 0.1) is 21.0 Å². The van der Waals surface area contributed by atoms with Crippen LogP contribution in [0.4, 0.5) is 17.3 Å². The van der Waals surface area contributed by atoms with Crippen molar-refractivity contribution in [3.8, 4) is 11.1 Å². The molecule has 8 heteroatoms. The number of nitrogens with zero attached hydrogens (tertiary/aromatic N) is 2. The van der Waals surface area contributed by atoms with Crippen molar-refractivity contribution >= 4 is 51.6 Å². The van der Waals surface area contributed by atoms with Gasteiger partial charge in [-0.25, -0.2) is 9.78 Å². The van der Waals surface area contributed by atoms with Crippen LogP contribution in [0.1, 0.15) is 0 Å². The first kappa shape index (κ1) is 17.3. The van der Waals surface area contributed by atoms with Crippen LogP contribution in [-0.2, 0) is 0 Å². The molecule has 2 aromatic carbocycles. The molecule has 0 aliphatic rings. The van der Waals surface area contributed by atoms with Crippen LogP contribution in [0.5, 0.6) is 0 Å². The van der Waals surface area contributed by atoms with Crippen LogP contribution in [0.2, 0.25) is 10.0 Å². The van der Waals surface area contributed by atoms with Crippen LogP contribution in [0.15, 0.2) is 63.9 Å². The zero-order valence-corrected chi connectivity index (χ0v) is 15.3. The maximum absolute atomic E-state index is 12.5. The third-order valence-corrected chi connectivity index (χ3v) is 4.49. The summed E-state index contributed by atoms with van der Waals surface area (Å²) in [4.78, 5) is 21.0. The second-order valence-corrected chi connectivity index (χ2v) is 6.56. The molecule has 0 atom stereocenters. The third kappa shape index (κ3) is 3.45. The molecule has 0 unspecified atom stereocenters. The summed E-state index contributed by atoms with van der Waals surface area (Å²) >= 11 is 12.4. The molecule has 0 radical (unpaired) electrons. The molecule has 0 saturated heterocycles. The maximum Gasteiger partial charge on any atom is 0.345 e. The first-order valence-corrected chi connectivity index (χ1v) is 8.65. The molecule has 0 bridgehead atoms. The Hall–Kier alpha value is -3.09. The van der Waals surface area contributed by atoms with E-state index in [1.807, 2.05) is 6.07 Å². The number of fused-ring (bicyclic) bond motifs is 1. The fourth-order valence-electron chi connectivity index (χ4n) is 2.65. The lowest BCUT2D eigenvalue weighted by atomic mass is 10.1. The fourth-order valence-corrected chi connectivity index (χ4v) is 3.25. The van der Waals surface area contributed by atoms with E-state index in [9.17, 15) is 4.79 Å². The normalized spacial score (nSPS) is 10.9. The number of nitrogens with one attached hydrogen (secondary N) is 1. The van der Waals surface area contributed by atoms with E-state index in [2.05, 4.69) is 15.3 Å². The Morgan fingerprint density at radius 2 is 1.78 bits per heavy atom. The highest BCUT2D eigenvalue weighted by Crippen LogP contribution is 2.33. The standard InChI is InChI=1S/C19H12Cl2N4O2/c20-14-5-2-6-15(21)16(14)13-7-10-9-23-19(25-17(10)27-18(13)26)24-12-4-1-3-11(22)8-12/h1-9H,22H2,(H,23,24,25). The second-order valence-electron chi connectivity index (χ2n) is 5.75. The van der Waals surface area contributed by atoms with Gasteiger partial charge in [0.1, 0.15) is 0 Å². The van der Waals surface area contributed by atoms with E-state index in [1.54, 1.807) is 48.7 Å². The Kier molecular flexibility index (Phi) is 4.43. The highest BCUT2D eigenvalue weighted by molar-refractivity contribution is 6.39. The lowest BCUT2D eigenvalue weighted by molar-refractivity contribution is 0.551. The van der Waals surface area contributed by atoms with Gasteiger partial charge in [-0.05, 0) is 36.4 Å². The van der Waals surface area contributed by atoms with Gasteiger partial charge in [0.2, 0.25) is 11.7 Å². The summed E-state index contributed by atoms with van der Waals surface area (Å²) in [5.41, 5.74) is 7.30. The van der Waals surface area contributed by atoms with Gasteiger partial charge in [-0.2, -0.15) is 4.98 Å². The van der Waals surface area contributed by atoms with E-state index in [0.29, 0.717) is 26.7 Å². The van der Waals surface area contributed by atoms with Gasteiger partial charge in [0, 0.05) is 23.1 Å². The highest BCUT2D eigenvalue weighted by Gasteiger charge is 2.15. The maximum atomic E-state index is 12.5. The molecule has 2 aromatic heterocycles. The molecule has 0 spiro atoms. The molecule has 0 fully saturated rings. The number of hydrogen-bond donors (Lipinski definition) is 2. The van der Waals surface area contributed by atoms with Crippen molar-refractivity contribution in [3.05, 3.63) is 75.2 Å². The average Bonchev–Trinajstić information content (AvgIpc) is 2.62.